The smallest absolute Gasteiger partial charge is 0.257 e. The summed E-state index contributed by atoms with van der Waals surface area (Å²) in [6.45, 7) is 2.69. The lowest BCUT2D eigenvalue weighted by Gasteiger charge is -2.09. The van der Waals surface area contributed by atoms with Crippen molar-refractivity contribution in [1.82, 2.24) is 4.98 Å². The molecule has 1 aromatic heterocycles. The number of nitrogens with zero attached hydrogens (tertiary/aromatic N) is 1. The average molecular weight is 366 g/mol. The number of pyridine rings is 1. The fourth-order valence-corrected chi connectivity index (χ4v) is 2.80. The first-order valence-electron chi connectivity index (χ1n) is 8.43. The molecule has 2 N–H and O–H groups in total. The SMILES string of the molecule is Cc1cc(Cl)ccc1NC(=O)c1ccc(NCCc2ccccc2)nc1. The van der Waals surface area contributed by atoms with Crippen molar-refractivity contribution >= 4 is 29.0 Å². The minimum absolute atomic E-state index is 0.196. The molecule has 1 heterocycles. The lowest BCUT2D eigenvalue weighted by molar-refractivity contribution is 0.102. The Kier molecular flexibility index (Phi) is 5.87. The van der Waals surface area contributed by atoms with Crippen LogP contribution in [0.25, 0.3) is 0 Å². The minimum atomic E-state index is -0.196. The first-order valence-corrected chi connectivity index (χ1v) is 8.81. The molecule has 0 radical (unpaired) electrons. The molecule has 26 heavy (non-hydrogen) atoms. The molecule has 0 atom stereocenters. The van der Waals surface area contributed by atoms with Gasteiger partial charge in [0.2, 0.25) is 0 Å². The number of aromatic nitrogens is 1. The summed E-state index contributed by atoms with van der Waals surface area (Å²) in [7, 11) is 0. The van der Waals surface area contributed by atoms with Crippen molar-refractivity contribution in [3.63, 3.8) is 0 Å². The normalized spacial score (nSPS) is 10.4. The summed E-state index contributed by atoms with van der Waals surface area (Å²) in [5, 5.41) is 6.79. The Labute approximate surface area is 158 Å². The van der Waals surface area contributed by atoms with E-state index in [1.54, 1.807) is 24.4 Å². The van der Waals surface area contributed by atoms with E-state index in [1.165, 1.54) is 5.56 Å². The molecule has 3 rings (SSSR count). The van der Waals surface area contributed by atoms with Crippen LogP contribution >= 0.6 is 11.6 Å². The molecule has 5 heteroatoms. The summed E-state index contributed by atoms with van der Waals surface area (Å²) in [4.78, 5) is 16.7. The molecule has 0 bridgehead atoms. The summed E-state index contributed by atoms with van der Waals surface area (Å²) in [6.07, 6.45) is 2.49. The zero-order valence-electron chi connectivity index (χ0n) is 14.5. The molecule has 2 aromatic carbocycles. The van der Waals surface area contributed by atoms with Gasteiger partial charge in [-0.3, -0.25) is 4.79 Å². The minimum Gasteiger partial charge on any atom is -0.370 e. The van der Waals surface area contributed by atoms with E-state index in [0.717, 1.165) is 30.0 Å². The standard InChI is InChI=1S/C21H20ClN3O/c1-15-13-18(22)8-9-19(15)25-21(26)17-7-10-20(24-14-17)23-12-11-16-5-3-2-4-6-16/h2-10,13-14H,11-12H2,1H3,(H,23,24)(H,25,26). The first-order chi connectivity index (χ1) is 12.6. The molecule has 0 aliphatic heterocycles. The summed E-state index contributed by atoms with van der Waals surface area (Å²) >= 11 is 5.94. The van der Waals surface area contributed by atoms with Crippen molar-refractivity contribution in [3.05, 3.63) is 88.6 Å². The van der Waals surface area contributed by atoms with Crippen molar-refractivity contribution in [1.29, 1.82) is 0 Å². The third-order valence-corrected chi connectivity index (χ3v) is 4.26. The van der Waals surface area contributed by atoms with Gasteiger partial charge in [0, 0.05) is 23.5 Å². The maximum atomic E-state index is 12.4. The van der Waals surface area contributed by atoms with Gasteiger partial charge in [0.25, 0.3) is 5.91 Å². The summed E-state index contributed by atoms with van der Waals surface area (Å²) in [6, 6.07) is 19.2. The zero-order chi connectivity index (χ0) is 18.4. The molecule has 0 fully saturated rings. The van der Waals surface area contributed by atoms with Gasteiger partial charge in [-0.2, -0.15) is 0 Å². The third kappa shape index (κ3) is 4.83. The molecular formula is C21H20ClN3O. The first kappa shape index (κ1) is 18.0. The molecule has 0 saturated carbocycles. The van der Waals surface area contributed by atoms with E-state index in [1.807, 2.05) is 37.3 Å². The number of carbonyl (C=O) groups excluding carboxylic acids is 1. The molecule has 0 unspecified atom stereocenters. The second-order valence-corrected chi connectivity index (χ2v) is 6.44. The lowest BCUT2D eigenvalue weighted by atomic mass is 10.1. The number of amides is 1. The predicted octanol–water partition coefficient (Wildman–Crippen LogP) is 4.95. The van der Waals surface area contributed by atoms with Gasteiger partial charge in [0.15, 0.2) is 0 Å². The second-order valence-electron chi connectivity index (χ2n) is 6.01. The van der Waals surface area contributed by atoms with Crippen LogP contribution in [-0.4, -0.2) is 17.4 Å². The van der Waals surface area contributed by atoms with E-state index in [0.29, 0.717) is 10.6 Å². The highest BCUT2D eigenvalue weighted by molar-refractivity contribution is 6.30. The largest absolute Gasteiger partial charge is 0.370 e. The zero-order valence-corrected chi connectivity index (χ0v) is 15.3. The number of benzene rings is 2. The monoisotopic (exact) mass is 365 g/mol. The van der Waals surface area contributed by atoms with Crippen molar-refractivity contribution in [2.24, 2.45) is 0 Å². The average Bonchev–Trinajstić information content (AvgIpc) is 2.65. The number of rotatable bonds is 6. The van der Waals surface area contributed by atoms with Gasteiger partial charge in [-0.25, -0.2) is 4.98 Å². The van der Waals surface area contributed by atoms with Gasteiger partial charge in [-0.05, 0) is 54.8 Å². The number of anilines is 2. The summed E-state index contributed by atoms with van der Waals surface area (Å²) in [5.41, 5.74) is 3.43. The van der Waals surface area contributed by atoms with Gasteiger partial charge < -0.3 is 10.6 Å². The van der Waals surface area contributed by atoms with Crippen LogP contribution in [0.3, 0.4) is 0 Å². The van der Waals surface area contributed by atoms with Crippen LogP contribution in [0.5, 0.6) is 0 Å². The Hall–Kier alpha value is -2.85. The number of carbonyl (C=O) groups is 1. The Balaban J connectivity index is 1.55. The molecule has 0 aliphatic carbocycles. The number of halogens is 1. The highest BCUT2D eigenvalue weighted by Crippen LogP contribution is 2.20. The molecule has 1 amide bonds. The van der Waals surface area contributed by atoms with Crippen LogP contribution in [0.2, 0.25) is 5.02 Å². The van der Waals surface area contributed by atoms with Crippen LogP contribution in [0.15, 0.2) is 66.9 Å². The summed E-state index contributed by atoms with van der Waals surface area (Å²) < 4.78 is 0. The second kappa shape index (κ2) is 8.50. The Morgan fingerprint density at radius 1 is 1.08 bits per heavy atom. The molecule has 4 nitrogen and oxygen atoms in total. The molecule has 132 valence electrons. The van der Waals surface area contributed by atoms with E-state index in [2.05, 4.69) is 27.8 Å². The molecule has 3 aromatic rings. The maximum absolute atomic E-state index is 12.4. The fourth-order valence-electron chi connectivity index (χ4n) is 2.57. The Bertz CT molecular complexity index is 880. The number of hydrogen-bond acceptors (Lipinski definition) is 3. The van der Waals surface area contributed by atoms with E-state index in [-0.39, 0.29) is 5.91 Å². The molecule has 0 aliphatic rings. The number of nitrogens with one attached hydrogen (secondary N) is 2. The van der Waals surface area contributed by atoms with E-state index in [4.69, 9.17) is 11.6 Å². The quantitative estimate of drug-likeness (QED) is 0.649. The van der Waals surface area contributed by atoms with Crippen LogP contribution in [0.4, 0.5) is 11.5 Å². The van der Waals surface area contributed by atoms with E-state index >= 15 is 0 Å². The summed E-state index contributed by atoms with van der Waals surface area (Å²) in [5.74, 6) is 0.555. The van der Waals surface area contributed by atoms with Crippen LogP contribution in [-0.2, 0) is 6.42 Å². The molecule has 0 spiro atoms. The van der Waals surface area contributed by atoms with Crippen LogP contribution in [0, 0.1) is 6.92 Å². The van der Waals surface area contributed by atoms with Gasteiger partial charge in [0.05, 0.1) is 5.56 Å². The van der Waals surface area contributed by atoms with E-state index in [9.17, 15) is 4.79 Å². The van der Waals surface area contributed by atoms with Crippen molar-refractivity contribution in [2.75, 3.05) is 17.2 Å². The van der Waals surface area contributed by atoms with E-state index < -0.39 is 0 Å². The van der Waals surface area contributed by atoms with Crippen LogP contribution in [0.1, 0.15) is 21.5 Å². The van der Waals surface area contributed by atoms with Crippen molar-refractivity contribution in [3.8, 4) is 0 Å². The third-order valence-electron chi connectivity index (χ3n) is 4.02. The van der Waals surface area contributed by atoms with Gasteiger partial charge in [-0.1, -0.05) is 41.9 Å². The Morgan fingerprint density at radius 3 is 2.58 bits per heavy atom. The van der Waals surface area contributed by atoms with Crippen molar-refractivity contribution in [2.45, 2.75) is 13.3 Å². The lowest BCUT2D eigenvalue weighted by Crippen LogP contribution is -2.13. The number of hydrogen-bond donors (Lipinski definition) is 2. The maximum Gasteiger partial charge on any atom is 0.257 e. The molecular weight excluding hydrogens is 346 g/mol. The fraction of sp³-hybridized carbons (Fsp3) is 0.143. The highest BCUT2D eigenvalue weighted by atomic mass is 35.5. The highest BCUT2D eigenvalue weighted by Gasteiger charge is 2.08. The van der Waals surface area contributed by atoms with Gasteiger partial charge in [-0.15, -0.1) is 0 Å². The van der Waals surface area contributed by atoms with Crippen LogP contribution < -0.4 is 10.6 Å². The predicted molar refractivity (Wildman–Crippen MR) is 107 cm³/mol. The van der Waals surface area contributed by atoms with Crippen molar-refractivity contribution < 1.29 is 4.79 Å². The van der Waals surface area contributed by atoms with Gasteiger partial charge >= 0.3 is 0 Å². The number of aryl methyl sites for hydroxylation is 1. The van der Waals surface area contributed by atoms with Gasteiger partial charge in [0.1, 0.15) is 5.82 Å². The Morgan fingerprint density at radius 2 is 1.88 bits per heavy atom. The molecule has 0 saturated heterocycles. The topological polar surface area (TPSA) is 54.0 Å².